The van der Waals surface area contributed by atoms with Crippen LogP contribution in [0.25, 0.3) is 0 Å². The highest BCUT2D eigenvalue weighted by molar-refractivity contribution is 4.71. The molecule has 0 aromatic rings. The maximum Gasteiger partial charge on any atom is 0.0810 e. The van der Waals surface area contributed by atoms with Gasteiger partial charge in [-0.25, -0.2) is 0 Å². The van der Waals surface area contributed by atoms with Crippen LogP contribution in [-0.4, -0.2) is 25.4 Å². The first kappa shape index (κ1) is 6.62. The second-order valence-corrected chi connectivity index (χ2v) is 3.20. The SMILES string of the molecule is C1CCC2COC(C1)CO2. The zero-order chi connectivity index (χ0) is 6.81. The molecule has 2 nitrogen and oxygen atoms in total. The molecular formula is C8H14O2. The molecule has 0 aromatic carbocycles. The molecule has 0 N–H and O–H groups in total. The zero-order valence-electron chi connectivity index (χ0n) is 6.21. The van der Waals surface area contributed by atoms with Crippen molar-refractivity contribution in [1.82, 2.24) is 0 Å². The van der Waals surface area contributed by atoms with Crippen LogP contribution in [0.2, 0.25) is 0 Å². The Morgan fingerprint density at radius 3 is 1.70 bits per heavy atom. The van der Waals surface area contributed by atoms with Crippen molar-refractivity contribution in [1.29, 1.82) is 0 Å². The normalized spacial score (nSPS) is 40.8. The van der Waals surface area contributed by atoms with Gasteiger partial charge in [0.2, 0.25) is 0 Å². The molecule has 0 spiro atoms. The second-order valence-electron chi connectivity index (χ2n) is 3.20. The van der Waals surface area contributed by atoms with Gasteiger partial charge in [-0.2, -0.15) is 0 Å². The van der Waals surface area contributed by atoms with E-state index < -0.39 is 0 Å². The summed E-state index contributed by atoms with van der Waals surface area (Å²) in [7, 11) is 0. The first-order valence-corrected chi connectivity index (χ1v) is 4.18. The van der Waals surface area contributed by atoms with Crippen LogP contribution in [0, 0.1) is 0 Å². The lowest BCUT2D eigenvalue weighted by Gasteiger charge is -2.32. The largest absolute Gasteiger partial charge is 0.373 e. The van der Waals surface area contributed by atoms with Crippen LogP contribution in [0.4, 0.5) is 0 Å². The summed E-state index contributed by atoms with van der Waals surface area (Å²) in [5.41, 5.74) is 0. The van der Waals surface area contributed by atoms with Gasteiger partial charge in [0.05, 0.1) is 25.4 Å². The summed E-state index contributed by atoms with van der Waals surface area (Å²) in [6, 6.07) is 0. The van der Waals surface area contributed by atoms with E-state index in [1.165, 1.54) is 25.7 Å². The van der Waals surface area contributed by atoms with Crippen molar-refractivity contribution in [3.8, 4) is 0 Å². The van der Waals surface area contributed by atoms with Gasteiger partial charge < -0.3 is 9.47 Å². The van der Waals surface area contributed by atoms with Gasteiger partial charge in [0, 0.05) is 0 Å². The van der Waals surface area contributed by atoms with E-state index in [2.05, 4.69) is 0 Å². The molecule has 0 saturated carbocycles. The standard InChI is InChI=1S/C8H14O2/c1-2-4-8-6-9-7(3-1)5-10-8/h7-8H,1-6H2. The molecule has 0 radical (unpaired) electrons. The lowest BCUT2D eigenvalue weighted by Crippen LogP contribution is -2.37. The Labute approximate surface area is 61.5 Å². The fraction of sp³-hybridized carbons (Fsp3) is 1.00. The highest BCUT2D eigenvalue weighted by Gasteiger charge is 2.23. The summed E-state index contributed by atoms with van der Waals surface area (Å²) in [6.45, 7) is 1.68. The monoisotopic (exact) mass is 142 g/mol. The molecule has 2 heteroatoms. The average Bonchev–Trinajstić information content (AvgIpc) is 1.89. The number of rotatable bonds is 0. The van der Waals surface area contributed by atoms with E-state index in [1.807, 2.05) is 0 Å². The van der Waals surface area contributed by atoms with Gasteiger partial charge in [0.1, 0.15) is 0 Å². The fourth-order valence-corrected chi connectivity index (χ4v) is 1.66. The summed E-state index contributed by atoms with van der Waals surface area (Å²) in [5, 5.41) is 0. The van der Waals surface area contributed by atoms with Crippen molar-refractivity contribution in [2.24, 2.45) is 0 Å². The predicted molar refractivity (Wildman–Crippen MR) is 37.9 cm³/mol. The van der Waals surface area contributed by atoms with Crippen LogP contribution in [0.3, 0.4) is 0 Å². The van der Waals surface area contributed by atoms with Gasteiger partial charge in [-0.05, 0) is 12.8 Å². The molecule has 58 valence electrons. The van der Waals surface area contributed by atoms with Gasteiger partial charge in [-0.15, -0.1) is 0 Å². The molecule has 3 fully saturated rings. The summed E-state index contributed by atoms with van der Waals surface area (Å²) in [6.07, 6.45) is 5.88. The van der Waals surface area contributed by atoms with E-state index in [1.54, 1.807) is 0 Å². The molecule has 3 rings (SSSR count). The van der Waals surface area contributed by atoms with E-state index in [0.717, 1.165) is 13.2 Å². The summed E-state index contributed by atoms with van der Waals surface area (Å²) < 4.78 is 11.1. The minimum atomic E-state index is 0.413. The Morgan fingerprint density at radius 1 is 0.800 bits per heavy atom. The molecule has 2 atom stereocenters. The molecule has 10 heavy (non-hydrogen) atoms. The predicted octanol–water partition coefficient (Wildman–Crippen LogP) is 1.34. The smallest absolute Gasteiger partial charge is 0.0810 e. The first-order valence-electron chi connectivity index (χ1n) is 4.18. The number of hydrogen-bond acceptors (Lipinski definition) is 2. The van der Waals surface area contributed by atoms with Crippen molar-refractivity contribution in [3.63, 3.8) is 0 Å². The maximum atomic E-state index is 5.56. The molecule has 0 aliphatic carbocycles. The molecule has 3 saturated heterocycles. The van der Waals surface area contributed by atoms with Gasteiger partial charge in [0.15, 0.2) is 0 Å². The molecule has 3 heterocycles. The number of fused-ring (bicyclic) bond motifs is 5. The van der Waals surface area contributed by atoms with E-state index in [9.17, 15) is 0 Å². The lowest BCUT2D eigenvalue weighted by molar-refractivity contribution is -0.145. The molecule has 0 amide bonds. The Hall–Kier alpha value is -0.0800. The zero-order valence-corrected chi connectivity index (χ0v) is 6.21. The minimum Gasteiger partial charge on any atom is -0.373 e. The Morgan fingerprint density at radius 2 is 1.30 bits per heavy atom. The molecule has 2 unspecified atom stereocenters. The number of ether oxygens (including phenoxy) is 2. The van der Waals surface area contributed by atoms with E-state index in [4.69, 9.17) is 9.47 Å². The van der Waals surface area contributed by atoms with Crippen molar-refractivity contribution in [2.45, 2.75) is 37.9 Å². The maximum absolute atomic E-state index is 5.56. The average molecular weight is 142 g/mol. The Kier molecular flexibility index (Phi) is 1.91. The number of hydrogen-bond donors (Lipinski definition) is 0. The summed E-state index contributed by atoms with van der Waals surface area (Å²) in [4.78, 5) is 0. The van der Waals surface area contributed by atoms with E-state index in [-0.39, 0.29) is 0 Å². The van der Waals surface area contributed by atoms with E-state index in [0.29, 0.717) is 12.2 Å². The van der Waals surface area contributed by atoms with Crippen LogP contribution >= 0.6 is 0 Å². The third kappa shape index (κ3) is 1.32. The van der Waals surface area contributed by atoms with Crippen molar-refractivity contribution >= 4 is 0 Å². The summed E-state index contributed by atoms with van der Waals surface area (Å²) in [5.74, 6) is 0. The quantitative estimate of drug-likeness (QED) is 0.508. The highest BCUT2D eigenvalue weighted by atomic mass is 16.6. The molecular weight excluding hydrogens is 128 g/mol. The van der Waals surface area contributed by atoms with Crippen molar-refractivity contribution in [2.75, 3.05) is 13.2 Å². The topological polar surface area (TPSA) is 18.5 Å². The molecule has 3 aliphatic heterocycles. The van der Waals surface area contributed by atoms with E-state index >= 15 is 0 Å². The van der Waals surface area contributed by atoms with Gasteiger partial charge in [-0.1, -0.05) is 12.8 Å². The second kappa shape index (κ2) is 2.89. The fourth-order valence-electron chi connectivity index (χ4n) is 1.66. The van der Waals surface area contributed by atoms with Crippen LogP contribution in [0.15, 0.2) is 0 Å². The molecule has 3 aliphatic rings. The Bertz CT molecular complexity index is 86.3. The Balaban J connectivity index is 1.94. The van der Waals surface area contributed by atoms with Crippen LogP contribution in [-0.2, 0) is 9.47 Å². The van der Waals surface area contributed by atoms with Crippen molar-refractivity contribution < 1.29 is 9.47 Å². The third-order valence-electron chi connectivity index (χ3n) is 2.34. The van der Waals surface area contributed by atoms with Gasteiger partial charge in [0.25, 0.3) is 0 Å². The molecule has 2 bridgehead atoms. The third-order valence-corrected chi connectivity index (χ3v) is 2.34. The molecule has 0 aromatic heterocycles. The van der Waals surface area contributed by atoms with Gasteiger partial charge >= 0.3 is 0 Å². The van der Waals surface area contributed by atoms with Crippen LogP contribution < -0.4 is 0 Å². The minimum absolute atomic E-state index is 0.413. The summed E-state index contributed by atoms with van der Waals surface area (Å²) >= 11 is 0. The van der Waals surface area contributed by atoms with Gasteiger partial charge in [-0.3, -0.25) is 0 Å². The van der Waals surface area contributed by atoms with Crippen LogP contribution in [0.5, 0.6) is 0 Å². The lowest BCUT2D eigenvalue weighted by atomic mass is 10.0. The van der Waals surface area contributed by atoms with Crippen LogP contribution in [0.1, 0.15) is 25.7 Å². The highest BCUT2D eigenvalue weighted by Crippen LogP contribution is 2.21. The van der Waals surface area contributed by atoms with Crippen molar-refractivity contribution in [3.05, 3.63) is 0 Å². The first-order chi connectivity index (χ1) is 4.95.